The fourth-order valence-corrected chi connectivity index (χ4v) is 3.45. The van der Waals surface area contributed by atoms with Crippen molar-refractivity contribution in [1.82, 2.24) is 20.3 Å². The Morgan fingerprint density at radius 2 is 1.97 bits per heavy atom. The first-order valence-corrected chi connectivity index (χ1v) is 11.0. The lowest BCUT2D eigenvalue weighted by molar-refractivity contribution is 0.228. The molecule has 29 heavy (non-hydrogen) atoms. The van der Waals surface area contributed by atoms with E-state index in [0.29, 0.717) is 25.6 Å². The lowest BCUT2D eigenvalue weighted by Crippen LogP contribution is -2.42. The van der Waals surface area contributed by atoms with Crippen LogP contribution in [0, 0.1) is 6.92 Å². The number of hydrogen-bond acceptors (Lipinski definition) is 5. The summed E-state index contributed by atoms with van der Waals surface area (Å²) < 4.78 is 32.8. The molecule has 0 saturated carbocycles. The van der Waals surface area contributed by atoms with Gasteiger partial charge in [-0.05, 0) is 44.5 Å². The molecule has 0 aliphatic carbocycles. The third kappa shape index (κ3) is 7.71. The zero-order chi connectivity index (χ0) is 21.1. The summed E-state index contributed by atoms with van der Waals surface area (Å²) in [6.45, 7) is 7.70. The highest BCUT2D eigenvalue weighted by molar-refractivity contribution is 7.89. The van der Waals surface area contributed by atoms with Gasteiger partial charge in [-0.2, -0.15) is 0 Å². The molecule has 1 aromatic carbocycles. The van der Waals surface area contributed by atoms with E-state index in [9.17, 15) is 8.42 Å². The smallest absolute Gasteiger partial charge is 0.242 e. The van der Waals surface area contributed by atoms with Gasteiger partial charge in [0, 0.05) is 32.0 Å². The highest BCUT2D eigenvalue weighted by atomic mass is 32.2. The van der Waals surface area contributed by atoms with Gasteiger partial charge in [-0.25, -0.2) is 18.1 Å². The number of guanidine groups is 1. The quantitative estimate of drug-likeness (QED) is 0.308. The number of hydrogen-bond donors (Lipinski definition) is 3. The second-order valence-corrected chi connectivity index (χ2v) is 8.19. The molecule has 0 amide bonds. The zero-order valence-corrected chi connectivity index (χ0v) is 17.9. The van der Waals surface area contributed by atoms with E-state index in [0.717, 1.165) is 11.3 Å². The molecular weight excluding hydrogens is 390 g/mol. The van der Waals surface area contributed by atoms with Crippen LogP contribution in [-0.2, 0) is 10.0 Å². The molecule has 3 N–H and O–H groups in total. The average molecular weight is 420 g/mol. The van der Waals surface area contributed by atoms with Gasteiger partial charge < -0.3 is 15.4 Å². The van der Waals surface area contributed by atoms with Crippen LogP contribution in [-0.4, -0.2) is 51.6 Å². The largest absolute Gasteiger partial charge is 0.489 e. The van der Waals surface area contributed by atoms with E-state index >= 15 is 0 Å². The Kier molecular flexibility index (Phi) is 8.88. The summed E-state index contributed by atoms with van der Waals surface area (Å²) in [5.74, 6) is 1.45. The maximum atomic E-state index is 12.2. The van der Waals surface area contributed by atoms with Gasteiger partial charge in [0.2, 0.25) is 10.0 Å². The standard InChI is InChI=1S/C20H29N5O3S/c1-4-22-20(24-14-17(3)28-19-10-6-5-8-16(19)2)23-12-13-25-29(26,27)18-9-7-11-21-15-18/h5-11,15,17,25H,4,12-14H2,1-3H3,(H2,22,23,24). The van der Waals surface area contributed by atoms with E-state index in [2.05, 4.69) is 25.3 Å². The SMILES string of the molecule is CCNC(=NCC(C)Oc1ccccc1C)NCCNS(=O)(=O)c1cccnc1. The number of sulfonamides is 1. The van der Waals surface area contributed by atoms with E-state index < -0.39 is 10.0 Å². The van der Waals surface area contributed by atoms with E-state index in [1.54, 1.807) is 6.07 Å². The highest BCUT2D eigenvalue weighted by Gasteiger charge is 2.13. The van der Waals surface area contributed by atoms with Gasteiger partial charge in [-0.15, -0.1) is 0 Å². The van der Waals surface area contributed by atoms with Crippen molar-refractivity contribution >= 4 is 16.0 Å². The average Bonchev–Trinajstić information content (AvgIpc) is 2.71. The second kappa shape index (κ2) is 11.4. The Labute approximate surface area is 172 Å². The molecule has 0 radical (unpaired) electrons. The summed E-state index contributed by atoms with van der Waals surface area (Å²) in [4.78, 5) is 8.49. The monoisotopic (exact) mass is 419 g/mol. The van der Waals surface area contributed by atoms with Crippen LogP contribution in [0.15, 0.2) is 58.7 Å². The highest BCUT2D eigenvalue weighted by Crippen LogP contribution is 2.17. The fourth-order valence-electron chi connectivity index (χ4n) is 2.46. The van der Waals surface area contributed by atoms with Crippen molar-refractivity contribution < 1.29 is 13.2 Å². The van der Waals surface area contributed by atoms with Crippen molar-refractivity contribution in [3.05, 3.63) is 54.4 Å². The number of rotatable bonds is 10. The van der Waals surface area contributed by atoms with Crippen molar-refractivity contribution in [3.63, 3.8) is 0 Å². The number of ether oxygens (including phenoxy) is 1. The summed E-state index contributed by atoms with van der Waals surface area (Å²) in [7, 11) is -3.57. The van der Waals surface area contributed by atoms with E-state index in [1.807, 2.05) is 45.0 Å². The van der Waals surface area contributed by atoms with Crippen molar-refractivity contribution in [3.8, 4) is 5.75 Å². The van der Waals surface area contributed by atoms with Crippen molar-refractivity contribution in [1.29, 1.82) is 0 Å². The van der Waals surface area contributed by atoms with E-state index in [1.165, 1.54) is 18.5 Å². The topological polar surface area (TPSA) is 105 Å². The van der Waals surface area contributed by atoms with Crippen LogP contribution < -0.4 is 20.1 Å². The van der Waals surface area contributed by atoms with Crippen molar-refractivity contribution in [2.45, 2.75) is 31.8 Å². The van der Waals surface area contributed by atoms with E-state index in [-0.39, 0.29) is 17.5 Å². The van der Waals surface area contributed by atoms with Crippen LogP contribution in [0.3, 0.4) is 0 Å². The molecule has 1 unspecified atom stereocenters. The first-order valence-electron chi connectivity index (χ1n) is 9.56. The van der Waals surface area contributed by atoms with Gasteiger partial charge in [0.15, 0.2) is 5.96 Å². The van der Waals surface area contributed by atoms with Gasteiger partial charge >= 0.3 is 0 Å². The summed E-state index contributed by atoms with van der Waals surface area (Å²) >= 11 is 0. The van der Waals surface area contributed by atoms with Crippen LogP contribution in [0.5, 0.6) is 5.75 Å². The van der Waals surface area contributed by atoms with Gasteiger partial charge in [0.1, 0.15) is 16.7 Å². The lowest BCUT2D eigenvalue weighted by Gasteiger charge is -2.16. The van der Waals surface area contributed by atoms with E-state index in [4.69, 9.17) is 4.74 Å². The first kappa shape index (κ1) is 22.6. The minimum absolute atomic E-state index is 0.101. The molecule has 0 aliphatic rings. The molecule has 0 saturated heterocycles. The Balaban J connectivity index is 1.82. The molecule has 0 bridgehead atoms. The maximum Gasteiger partial charge on any atom is 0.242 e. The molecule has 0 aliphatic heterocycles. The van der Waals surface area contributed by atoms with Gasteiger partial charge in [0.25, 0.3) is 0 Å². The number of aromatic nitrogens is 1. The number of benzene rings is 1. The second-order valence-electron chi connectivity index (χ2n) is 6.43. The summed E-state index contributed by atoms with van der Waals surface area (Å²) in [5.41, 5.74) is 1.08. The first-order chi connectivity index (χ1) is 13.9. The summed E-state index contributed by atoms with van der Waals surface area (Å²) in [6.07, 6.45) is 2.75. The van der Waals surface area contributed by atoms with Crippen LogP contribution in [0.4, 0.5) is 0 Å². The Hall–Kier alpha value is -2.65. The molecule has 0 spiro atoms. The molecule has 158 valence electrons. The predicted octanol–water partition coefficient (Wildman–Crippen LogP) is 1.69. The minimum atomic E-state index is -3.57. The lowest BCUT2D eigenvalue weighted by atomic mass is 10.2. The predicted molar refractivity (Wildman–Crippen MR) is 115 cm³/mol. The van der Waals surface area contributed by atoms with Gasteiger partial charge in [0.05, 0.1) is 6.54 Å². The van der Waals surface area contributed by atoms with Crippen molar-refractivity contribution in [2.75, 3.05) is 26.2 Å². The Morgan fingerprint density at radius 1 is 1.17 bits per heavy atom. The normalized spacial score (nSPS) is 13.0. The van der Waals surface area contributed by atoms with Crippen LogP contribution in [0.2, 0.25) is 0 Å². The molecule has 1 heterocycles. The van der Waals surface area contributed by atoms with Crippen LogP contribution in [0.1, 0.15) is 19.4 Å². The number of para-hydroxylation sites is 1. The fraction of sp³-hybridized carbons (Fsp3) is 0.400. The third-order valence-corrected chi connectivity index (χ3v) is 5.37. The minimum Gasteiger partial charge on any atom is -0.489 e. The Morgan fingerprint density at radius 3 is 2.66 bits per heavy atom. The summed E-state index contributed by atoms with van der Waals surface area (Å²) in [6, 6.07) is 10.9. The maximum absolute atomic E-state index is 12.2. The Bertz CT molecular complexity index is 888. The molecule has 2 rings (SSSR count). The third-order valence-electron chi connectivity index (χ3n) is 3.93. The molecule has 8 nitrogen and oxygen atoms in total. The molecule has 1 atom stereocenters. The molecule has 1 aromatic heterocycles. The molecule has 9 heteroatoms. The number of aliphatic imine (C=N–C) groups is 1. The zero-order valence-electron chi connectivity index (χ0n) is 17.1. The molecule has 2 aromatic rings. The molecule has 0 fully saturated rings. The van der Waals surface area contributed by atoms with Crippen molar-refractivity contribution in [2.24, 2.45) is 4.99 Å². The number of nitrogens with one attached hydrogen (secondary N) is 3. The molecular formula is C20H29N5O3S. The van der Waals surface area contributed by atoms with Crippen LogP contribution in [0.25, 0.3) is 0 Å². The number of pyridine rings is 1. The number of aryl methyl sites for hydroxylation is 1. The summed E-state index contributed by atoms with van der Waals surface area (Å²) in [5, 5.41) is 6.25. The van der Waals surface area contributed by atoms with Gasteiger partial charge in [-0.1, -0.05) is 18.2 Å². The number of nitrogens with zero attached hydrogens (tertiary/aromatic N) is 2. The van der Waals surface area contributed by atoms with Gasteiger partial charge in [-0.3, -0.25) is 4.98 Å². The van der Waals surface area contributed by atoms with Crippen LogP contribution >= 0.6 is 0 Å².